The SMILES string of the molecule is N[C@H]1NC(=O)c2nccnc2N1. The van der Waals surface area contributed by atoms with Crippen LogP contribution in [0.4, 0.5) is 5.82 Å². The first-order valence-electron chi connectivity index (χ1n) is 3.41. The van der Waals surface area contributed by atoms with Gasteiger partial charge in [0.05, 0.1) is 0 Å². The number of nitrogens with two attached hydrogens (primary N) is 1. The Bertz CT molecular complexity index is 325. The van der Waals surface area contributed by atoms with Gasteiger partial charge in [0.15, 0.2) is 17.8 Å². The Morgan fingerprint density at radius 3 is 2.92 bits per heavy atom. The van der Waals surface area contributed by atoms with Crippen LogP contribution >= 0.6 is 0 Å². The number of aromatic nitrogens is 2. The summed E-state index contributed by atoms with van der Waals surface area (Å²) in [6, 6.07) is 0. The molecule has 0 aromatic carbocycles. The van der Waals surface area contributed by atoms with Gasteiger partial charge in [-0.1, -0.05) is 0 Å². The molecule has 6 nitrogen and oxygen atoms in total. The van der Waals surface area contributed by atoms with E-state index in [1.165, 1.54) is 12.4 Å². The lowest BCUT2D eigenvalue weighted by Gasteiger charge is -2.22. The summed E-state index contributed by atoms with van der Waals surface area (Å²) in [4.78, 5) is 18.9. The lowest BCUT2D eigenvalue weighted by atomic mass is 10.3. The van der Waals surface area contributed by atoms with Gasteiger partial charge in [-0.25, -0.2) is 9.97 Å². The van der Waals surface area contributed by atoms with Crippen molar-refractivity contribution in [1.29, 1.82) is 0 Å². The molecule has 1 amide bonds. The van der Waals surface area contributed by atoms with Crippen LogP contribution in [-0.2, 0) is 0 Å². The average molecular weight is 165 g/mol. The van der Waals surface area contributed by atoms with Gasteiger partial charge in [0.2, 0.25) is 0 Å². The Kier molecular flexibility index (Phi) is 1.41. The van der Waals surface area contributed by atoms with E-state index in [0.29, 0.717) is 5.82 Å². The van der Waals surface area contributed by atoms with E-state index in [-0.39, 0.29) is 11.6 Å². The normalized spacial score (nSPS) is 20.8. The van der Waals surface area contributed by atoms with Crippen LogP contribution in [0.25, 0.3) is 0 Å². The molecule has 0 spiro atoms. The maximum atomic E-state index is 11.2. The van der Waals surface area contributed by atoms with Crippen molar-refractivity contribution in [3.8, 4) is 0 Å². The molecule has 0 unspecified atom stereocenters. The van der Waals surface area contributed by atoms with Gasteiger partial charge in [-0.15, -0.1) is 0 Å². The van der Waals surface area contributed by atoms with Crippen molar-refractivity contribution < 1.29 is 4.79 Å². The number of nitrogens with one attached hydrogen (secondary N) is 2. The third-order valence-corrected chi connectivity index (χ3v) is 1.49. The second-order valence-electron chi connectivity index (χ2n) is 2.35. The minimum absolute atomic E-state index is 0.277. The second kappa shape index (κ2) is 2.42. The number of fused-ring (bicyclic) bond motifs is 1. The van der Waals surface area contributed by atoms with Gasteiger partial charge in [0.1, 0.15) is 0 Å². The van der Waals surface area contributed by atoms with Crippen LogP contribution in [0.3, 0.4) is 0 Å². The summed E-state index contributed by atoms with van der Waals surface area (Å²) in [5.74, 6) is 0.123. The summed E-state index contributed by atoms with van der Waals surface area (Å²) in [6.45, 7) is 0. The summed E-state index contributed by atoms with van der Waals surface area (Å²) in [5, 5.41) is 5.22. The highest BCUT2D eigenvalue weighted by molar-refractivity contribution is 5.98. The quantitative estimate of drug-likeness (QED) is 0.452. The van der Waals surface area contributed by atoms with Gasteiger partial charge in [-0.05, 0) is 0 Å². The van der Waals surface area contributed by atoms with Crippen LogP contribution in [0.2, 0.25) is 0 Å². The molecule has 0 bridgehead atoms. The molecular formula is C6H7N5O. The average Bonchev–Trinajstić information content (AvgIpc) is 2.04. The fourth-order valence-electron chi connectivity index (χ4n) is 1.00. The molecular weight excluding hydrogens is 158 g/mol. The molecule has 2 rings (SSSR count). The van der Waals surface area contributed by atoms with Crippen molar-refractivity contribution in [2.75, 3.05) is 5.32 Å². The van der Waals surface area contributed by atoms with Gasteiger partial charge < -0.3 is 10.6 Å². The van der Waals surface area contributed by atoms with E-state index in [1.54, 1.807) is 0 Å². The lowest BCUT2D eigenvalue weighted by molar-refractivity contribution is 0.0931. The number of amides is 1. The summed E-state index contributed by atoms with van der Waals surface area (Å²) < 4.78 is 0. The molecule has 0 saturated carbocycles. The third-order valence-electron chi connectivity index (χ3n) is 1.49. The topological polar surface area (TPSA) is 92.9 Å². The van der Waals surface area contributed by atoms with Crippen molar-refractivity contribution in [1.82, 2.24) is 15.3 Å². The highest BCUT2D eigenvalue weighted by Crippen LogP contribution is 2.11. The van der Waals surface area contributed by atoms with Crippen molar-refractivity contribution >= 4 is 11.7 Å². The summed E-state index contributed by atoms with van der Waals surface area (Å²) in [7, 11) is 0. The number of nitrogens with zero attached hydrogens (tertiary/aromatic N) is 2. The number of rotatable bonds is 0. The molecule has 1 atom stereocenters. The molecule has 0 fully saturated rings. The first-order chi connectivity index (χ1) is 5.77. The second-order valence-corrected chi connectivity index (χ2v) is 2.35. The van der Waals surface area contributed by atoms with Crippen LogP contribution in [-0.4, -0.2) is 22.2 Å². The minimum atomic E-state index is -0.582. The smallest absolute Gasteiger partial charge is 0.276 e. The third kappa shape index (κ3) is 0.978. The monoisotopic (exact) mass is 165 g/mol. The Morgan fingerprint density at radius 2 is 2.08 bits per heavy atom. The van der Waals surface area contributed by atoms with E-state index in [1.807, 2.05) is 0 Å². The maximum Gasteiger partial charge on any atom is 0.276 e. The van der Waals surface area contributed by atoms with Gasteiger partial charge in [0, 0.05) is 12.4 Å². The van der Waals surface area contributed by atoms with Gasteiger partial charge in [-0.3, -0.25) is 10.5 Å². The van der Waals surface area contributed by atoms with Gasteiger partial charge in [-0.2, -0.15) is 0 Å². The van der Waals surface area contributed by atoms with Crippen LogP contribution < -0.4 is 16.4 Å². The Labute approximate surface area is 68.2 Å². The highest BCUT2D eigenvalue weighted by Gasteiger charge is 2.22. The van der Waals surface area contributed by atoms with Crippen LogP contribution in [0, 0.1) is 0 Å². The van der Waals surface area contributed by atoms with Crippen molar-refractivity contribution in [3.05, 3.63) is 18.1 Å². The fraction of sp³-hybridized carbons (Fsp3) is 0.167. The zero-order valence-corrected chi connectivity index (χ0v) is 6.11. The summed E-state index contributed by atoms with van der Waals surface area (Å²) in [6.07, 6.45) is 2.37. The molecule has 2 heterocycles. The summed E-state index contributed by atoms with van der Waals surface area (Å²) in [5.41, 5.74) is 5.71. The maximum absolute atomic E-state index is 11.2. The van der Waals surface area contributed by atoms with E-state index in [9.17, 15) is 4.79 Å². The molecule has 1 aliphatic rings. The summed E-state index contributed by atoms with van der Waals surface area (Å²) >= 11 is 0. The zero-order chi connectivity index (χ0) is 8.55. The van der Waals surface area contributed by atoms with Crippen molar-refractivity contribution in [3.63, 3.8) is 0 Å². The van der Waals surface area contributed by atoms with Gasteiger partial charge >= 0.3 is 0 Å². The fourth-order valence-corrected chi connectivity index (χ4v) is 1.00. The predicted molar refractivity (Wildman–Crippen MR) is 41.1 cm³/mol. The molecule has 1 aromatic rings. The number of anilines is 1. The van der Waals surface area contributed by atoms with Crippen LogP contribution in [0.5, 0.6) is 0 Å². The number of carbonyl (C=O) groups is 1. The Morgan fingerprint density at radius 1 is 1.33 bits per heavy atom. The molecule has 12 heavy (non-hydrogen) atoms. The molecule has 1 aromatic heterocycles. The molecule has 0 aliphatic carbocycles. The van der Waals surface area contributed by atoms with E-state index >= 15 is 0 Å². The van der Waals surface area contributed by atoms with E-state index in [4.69, 9.17) is 5.73 Å². The first-order valence-corrected chi connectivity index (χ1v) is 3.41. The van der Waals surface area contributed by atoms with E-state index in [0.717, 1.165) is 0 Å². The van der Waals surface area contributed by atoms with Crippen LogP contribution in [0.15, 0.2) is 12.4 Å². The number of hydrogen-bond acceptors (Lipinski definition) is 5. The Hall–Kier alpha value is -1.69. The standard InChI is InChI=1S/C6H7N5O/c7-6-10-4-3(5(12)11-6)8-1-2-9-4/h1-2,6H,7H2,(H,9,10)(H,11,12)/t6-/m1/s1. The van der Waals surface area contributed by atoms with Gasteiger partial charge in [0.25, 0.3) is 5.91 Å². The lowest BCUT2D eigenvalue weighted by Crippen LogP contribution is -2.51. The molecule has 0 saturated heterocycles. The number of hydrogen-bond donors (Lipinski definition) is 3. The van der Waals surface area contributed by atoms with Crippen molar-refractivity contribution in [2.24, 2.45) is 5.73 Å². The molecule has 0 radical (unpaired) electrons. The highest BCUT2D eigenvalue weighted by atomic mass is 16.2. The first kappa shape index (κ1) is 6.99. The molecule has 4 N–H and O–H groups in total. The molecule has 62 valence electrons. The number of carbonyl (C=O) groups excluding carboxylic acids is 1. The van der Waals surface area contributed by atoms with E-state index < -0.39 is 6.29 Å². The Balaban J connectivity index is 2.47. The molecule has 1 aliphatic heterocycles. The zero-order valence-electron chi connectivity index (χ0n) is 6.11. The predicted octanol–water partition coefficient (Wildman–Crippen LogP) is -1.13. The largest absolute Gasteiger partial charge is 0.336 e. The molecule has 6 heteroatoms. The van der Waals surface area contributed by atoms with Crippen molar-refractivity contribution in [2.45, 2.75) is 6.29 Å². The van der Waals surface area contributed by atoms with E-state index in [2.05, 4.69) is 20.6 Å². The minimum Gasteiger partial charge on any atom is -0.336 e. The van der Waals surface area contributed by atoms with Crippen LogP contribution in [0.1, 0.15) is 10.5 Å².